The third-order valence-electron chi connectivity index (χ3n) is 4.83. The van der Waals surface area contributed by atoms with Crippen molar-refractivity contribution in [1.82, 2.24) is 15.1 Å². The molecule has 1 saturated heterocycles. The van der Waals surface area contributed by atoms with Crippen molar-refractivity contribution in [3.05, 3.63) is 0 Å². The molecule has 0 aromatic rings. The highest BCUT2D eigenvalue weighted by molar-refractivity contribution is 4.95. The summed E-state index contributed by atoms with van der Waals surface area (Å²) in [4.78, 5) is 4.91. The van der Waals surface area contributed by atoms with Gasteiger partial charge >= 0.3 is 0 Å². The molecule has 0 amide bonds. The van der Waals surface area contributed by atoms with Gasteiger partial charge in [0.25, 0.3) is 0 Å². The molecule has 2 rings (SSSR count). The van der Waals surface area contributed by atoms with E-state index in [1.165, 1.54) is 58.2 Å². The van der Waals surface area contributed by atoms with Crippen LogP contribution in [-0.4, -0.2) is 62.2 Å². The zero-order chi connectivity index (χ0) is 12.3. The molecule has 3 nitrogen and oxygen atoms in total. The summed E-state index contributed by atoms with van der Waals surface area (Å²) in [5.41, 5.74) is 0.440. The highest BCUT2D eigenvalue weighted by Gasteiger charge is 2.36. The SMILES string of the molecule is CN1CCCC(NCC2(N(C)C)CCCC2)C1. The third kappa shape index (κ3) is 3.21. The van der Waals surface area contributed by atoms with Crippen molar-refractivity contribution in [3.8, 4) is 0 Å². The number of likely N-dealkylation sites (tertiary alicyclic amines) is 1. The molecule has 0 aromatic carbocycles. The predicted molar refractivity (Wildman–Crippen MR) is 73.4 cm³/mol. The standard InChI is InChI=1S/C14H29N3/c1-16(2)14(8-4-5-9-14)12-15-13-7-6-10-17(3)11-13/h13,15H,4-12H2,1-3H3. The van der Waals surface area contributed by atoms with Gasteiger partial charge in [-0.25, -0.2) is 0 Å². The van der Waals surface area contributed by atoms with E-state index in [1.54, 1.807) is 0 Å². The van der Waals surface area contributed by atoms with Crippen LogP contribution in [0.4, 0.5) is 0 Å². The molecule has 1 atom stereocenters. The maximum atomic E-state index is 3.83. The zero-order valence-electron chi connectivity index (χ0n) is 11.8. The first-order chi connectivity index (χ1) is 8.12. The highest BCUT2D eigenvalue weighted by Crippen LogP contribution is 2.33. The largest absolute Gasteiger partial charge is 0.311 e. The second kappa shape index (κ2) is 5.68. The summed E-state index contributed by atoms with van der Waals surface area (Å²) in [6, 6.07) is 0.714. The van der Waals surface area contributed by atoms with Gasteiger partial charge in [-0.2, -0.15) is 0 Å². The Kier molecular flexibility index (Phi) is 4.45. The molecule has 1 heterocycles. The summed E-state index contributed by atoms with van der Waals surface area (Å²) >= 11 is 0. The minimum atomic E-state index is 0.440. The fourth-order valence-electron chi connectivity index (χ4n) is 3.48. The van der Waals surface area contributed by atoms with Crippen LogP contribution in [0.25, 0.3) is 0 Å². The van der Waals surface area contributed by atoms with Crippen LogP contribution in [0.1, 0.15) is 38.5 Å². The van der Waals surface area contributed by atoms with Crippen LogP contribution in [0.3, 0.4) is 0 Å². The van der Waals surface area contributed by atoms with Crippen molar-refractivity contribution in [2.75, 3.05) is 40.8 Å². The topological polar surface area (TPSA) is 18.5 Å². The molecular formula is C14H29N3. The van der Waals surface area contributed by atoms with Crippen LogP contribution in [0.2, 0.25) is 0 Å². The lowest BCUT2D eigenvalue weighted by atomic mass is 9.95. The van der Waals surface area contributed by atoms with E-state index in [1.807, 2.05) is 0 Å². The lowest BCUT2D eigenvalue weighted by Gasteiger charge is -2.39. The maximum absolute atomic E-state index is 3.83. The first kappa shape index (κ1) is 13.3. The van der Waals surface area contributed by atoms with E-state index in [9.17, 15) is 0 Å². The molecule has 3 heteroatoms. The van der Waals surface area contributed by atoms with E-state index in [0.29, 0.717) is 11.6 Å². The number of piperidine rings is 1. The van der Waals surface area contributed by atoms with Crippen molar-refractivity contribution in [2.24, 2.45) is 0 Å². The lowest BCUT2D eigenvalue weighted by Crippen LogP contribution is -2.54. The predicted octanol–water partition coefficient (Wildman–Crippen LogP) is 1.54. The molecule has 0 radical (unpaired) electrons. The van der Waals surface area contributed by atoms with Crippen LogP contribution in [0.15, 0.2) is 0 Å². The number of likely N-dealkylation sites (N-methyl/N-ethyl adjacent to an activating group) is 2. The normalized spacial score (nSPS) is 30.0. The van der Waals surface area contributed by atoms with E-state index in [4.69, 9.17) is 0 Å². The number of hydrogen-bond acceptors (Lipinski definition) is 3. The Morgan fingerprint density at radius 1 is 1.24 bits per heavy atom. The molecule has 0 spiro atoms. The van der Waals surface area contributed by atoms with E-state index in [-0.39, 0.29) is 0 Å². The van der Waals surface area contributed by atoms with Crippen molar-refractivity contribution < 1.29 is 0 Å². The Bertz CT molecular complexity index is 234. The van der Waals surface area contributed by atoms with Crippen LogP contribution in [-0.2, 0) is 0 Å². The van der Waals surface area contributed by atoms with Gasteiger partial charge in [-0.3, -0.25) is 0 Å². The van der Waals surface area contributed by atoms with Gasteiger partial charge in [0.2, 0.25) is 0 Å². The highest BCUT2D eigenvalue weighted by atomic mass is 15.2. The maximum Gasteiger partial charge on any atom is 0.0328 e. The first-order valence-corrected chi connectivity index (χ1v) is 7.22. The van der Waals surface area contributed by atoms with E-state index >= 15 is 0 Å². The molecule has 17 heavy (non-hydrogen) atoms. The molecule has 2 aliphatic rings. The van der Waals surface area contributed by atoms with Crippen molar-refractivity contribution in [1.29, 1.82) is 0 Å². The first-order valence-electron chi connectivity index (χ1n) is 7.22. The fourth-order valence-corrected chi connectivity index (χ4v) is 3.48. The van der Waals surface area contributed by atoms with E-state index < -0.39 is 0 Å². The average molecular weight is 239 g/mol. The minimum absolute atomic E-state index is 0.440. The molecule has 1 N–H and O–H groups in total. The van der Waals surface area contributed by atoms with E-state index in [2.05, 4.69) is 36.3 Å². The van der Waals surface area contributed by atoms with Crippen molar-refractivity contribution in [3.63, 3.8) is 0 Å². The summed E-state index contributed by atoms with van der Waals surface area (Å²) in [7, 11) is 6.74. The summed E-state index contributed by atoms with van der Waals surface area (Å²) in [5.74, 6) is 0. The summed E-state index contributed by atoms with van der Waals surface area (Å²) in [6.45, 7) is 3.68. The second-order valence-electron chi connectivity index (χ2n) is 6.31. The monoisotopic (exact) mass is 239 g/mol. The fraction of sp³-hybridized carbons (Fsp3) is 1.00. The average Bonchev–Trinajstić information content (AvgIpc) is 2.76. The van der Waals surface area contributed by atoms with Gasteiger partial charge in [0, 0.05) is 24.7 Å². The van der Waals surface area contributed by atoms with Crippen molar-refractivity contribution >= 4 is 0 Å². The van der Waals surface area contributed by atoms with Gasteiger partial charge < -0.3 is 15.1 Å². The van der Waals surface area contributed by atoms with Gasteiger partial charge in [-0.05, 0) is 53.4 Å². The lowest BCUT2D eigenvalue weighted by molar-refractivity contribution is 0.137. The van der Waals surface area contributed by atoms with Gasteiger partial charge in [0.05, 0.1) is 0 Å². The third-order valence-corrected chi connectivity index (χ3v) is 4.83. The Morgan fingerprint density at radius 2 is 1.94 bits per heavy atom. The molecule has 0 bridgehead atoms. The Balaban J connectivity index is 1.83. The molecule has 100 valence electrons. The van der Waals surface area contributed by atoms with Crippen LogP contribution < -0.4 is 5.32 Å². The van der Waals surface area contributed by atoms with Crippen LogP contribution in [0.5, 0.6) is 0 Å². The summed E-state index contributed by atoms with van der Waals surface area (Å²) < 4.78 is 0. The zero-order valence-corrected chi connectivity index (χ0v) is 11.8. The Labute approximate surface area is 107 Å². The van der Waals surface area contributed by atoms with Gasteiger partial charge in [-0.1, -0.05) is 12.8 Å². The number of nitrogens with zero attached hydrogens (tertiary/aromatic N) is 2. The van der Waals surface area contributed by atoms with Crippen LogP contribution >= 0.6 is 0 Å². The molecule has 1 aliphatic carbocycles. The number of nitrogens with one attached hydrogen (secondary N) is 1. The molecule has 1 saturated carbocycles. The number of rotatable bonds is 4. The molecule has 1 unspecified atom stereocenters. The minimum Gasteiger partial charge on any atom is -0.311 e. The van der Waals surface area contributed by atoms with Gasteiger partial charge in [0.15, 0.2) is 0 Å². The smallest absolute Gasteiger partial charge is 0.0328 e. The van der Waals surface area contributed by atoms with Gasteiger partial charge in [-0.15, -0.1) is 0 Å². The molecular weight excluding hydrogens is 210 g/mol. The van der Waals surface area contributed by atoms with Crippen LogP contribution in [0, 0.1) is 0 Å². The molecule has 0 aromatic heterocycles. The Hall–Kier alpha value is -0.120. The van der Waals surface area contributed by atoms with Gasteiger partial charge in [0.1, 0.15) is 0 Å². The number of hydrogen-bond donors (Lipinski definition) is 1. The summed E-state index contributed by atoms with van der Waals surface area (Å²) in [5, 5.41) is 3.83. The summed E-state index contributed by atoms with van der Waals surface area (Å²) in [6.07, 6.45) is 8.26. The second-order valence-corrected chi connectivity index (χ2v) is 6.31. The van der Waals surface area contributed by atoms with E-state index in [0.717, 1.165) is 0 Å². The quantitative estimate of drug-likeness (QED) is 0.803. The van der Waals surface area contributed by atoms with Crippen molar-refractivity contribution in [2.45, 2.75) is 50.1 Å². The molecule has 2 fully saturated rings. The molecule has 1 aliphatic heterocycles. The Morgan fingerprint density at radius 3 is 2.53 bits per heavy atom.